The molecule has 1 aromatic carbocycles. The van der Waals surface area contributed by atoms with Gasteiger partial charge in [-0.15, -0.1) is 0 Å². The quantitative estimate of drug-likeness (QED) is 0.651. The summed E-state index contributed by atoms with van der Waals surface area (Å²) in [6.45, 7) is 1.53. The number of fused-ring (bicyclic) bond motifs is 2. The number of carbonyl (C=O) groups excluding carboxylic acids is 1. The van der Waals surface area contributed by atoms with E-state index in [1.807, 2.05) is 6.07 Å². The fourth-order valence-corrected chi connectivity index (χ4v) is 3.78. The van der Waals surface area contributed by atoms with Gasteiger partial charge in [-0.3, -0.25) is 4.79 Å². The standard InChI is InChI=1S/C18H17ClN6O3/c19-18-23-15-14(20-8-21-15)16(24-18)25-5-1-2-10(7-25)17(26)22-11-3-4-12-13(6-11)28-9-27-12/h3-4,6,8,10H,1-2,5,7,9H2,(H,22,26)(H,20,21,23,24). The van der Waals surface area contributed by atoms with E-state index >= 15 is 0 Å². The van der Waals surface area contributed by atoms with E-state index in [0.717, 1.165) is 24.9 Å². The molecule has 2 aliphatic heterocycles. The molecule has 0 saturated carbocycles. The van der Waals surface area contributed by atoms with Gasteiger partial charge in [-0.1, -0.05) is 0 Å². The second kappa shape index (κ2) is 6.83. The van der Waals surface area contributed by atoms with Crippen molar-refractivity contribution < 1.29 is 14.3 Å². The van der Waals surface area contributed by atoms with Crippen LogP contribution in [0.4, 0.5) is 11.5 Å². The number of H-pyrrole nitrogens is 1. The molecule has 144 valence electrons. The normalized spacial score (nSPS) is 18.5. The number of rotatable bonds is 3. The highest BCUT2D eigenvalue weighted by Crippen LogP contribution is 2.34. The Balaban J connectivity index is 1.34. The van der Waals surface area contributed by atoms with Crippen LogP contribution in [-0.4, -0.2) is 45.7 Å². The minimum Gasteiger partial charge on any atom is -0.454 e. The van der Waals surface area contributed by atoms with Crippen molar-refractivity contribution in [1.82, 2.24) is 19.9 Å². The van der Waals surface area contributed by atoms with Crippen molar-refractivity contribution in [3.05, 3.63) is 29.8 Å². The first-order valence-electron chi connectivity index (χ1n) is 8.99. The molecule has 0 aliphatic carbocycles. The molecule has 1 fully saturated rings. The van der Waals surface area contributed by atoms with E-state index in [2.05, 4.69) is 30.2 Å². The molecule has 10 heteroatoms. The smallest absolute Gasteiger partial charge is 0.231 e. The molecular weight excluding hydrogens is 384 g/mol. The summed E-state index contributed by atoms with van der Waals surface area (Å²) in [5.41, 5.74) is 1.93. The maximum Gasteiger partial charge on any atom is 0.231 e. The van der Waals surface area contributed by atoms with Crippen LogP contribution in [0.1, 0.15) is 12.8 Å². The van der Waals surface area contributed by atoms with Crippen LogP contribution in [0.3, 0.4) is 0 Å². The van der Waals surface area contributed by atoms with Crippen molar-refractivity contribution in [2.45, 2.75) is 12.8 Å². The second-order valence-electron chi connectivity index (χ2n) is 6.76. The third-order valence-electron chi connectivity index (χ3n) is 4.97. The molecule has 28 heavy (non-hydrogen) atoms. The Morgan fingerprint density at radius 2 is 2.18 bits per heavy atom. The molecule has 1 unspecified atom stereocenters. The molecular formula is C18H17ClN6O3. The summed E-state index contributed by atoms with van der Waals surface area (Å²) in [6, 6.07) is 5.38. The zero-order valence-corrected chi connectivity index (χ0v) is 15.6. The predicted molar refractivity (Wildman–Crippen MR) is 103 cm³/mol. The number of hydrogen-bond donors (Lipinski definition) is 2. The number of nitrogens with zero attached hydrogens (tertiary/aromatic N) is 4. The second-order valence-corrected chi connectivity index (χ2v) is 7.10. The summed E-state index contributed by atoms with van der Waals surface area (Å²) in [5.74, 6) is 1.79. The predicted octanol–water partition coefficient (Wildman–Crippen LogP) is 2.59. The molecule has 5 rings (SSSR count). The van der Waals surface area contributed by atoms with E-state index in [0.29, 0.717) is 35.2 Å². The average Bonchev–Trinajstić information content (AvgIpc) is 3.36. The zero-order valence-electron chi connectivity index (χ0n) is 14.8. The Bertz CT molecular complexity index is 1050. The molecule has 4 heterocycles. The first-order valence-corrected chi connectivity index (χ1v) is 9.37. The summed E-state index contributed by atoms with van der Waals surface area (Å²) < 4.78 is 10.7. The van der Waals surface area contributed by atoms with Crippen molar-refractivity contribution in [3.8, 4) is 11.5 Å². The van der Waals surface area contributed by atoms with Crippen molar-refractivity contribution in [1.29, 1.82) is 0 Å². The summed E-state index contributed by atoms with van der Waals surface area (Å²) in [5, 5.41) is 3.12. The first-order chi connectivity index (χ1) is 13.7. The highest BCUT2D eigenvalue weighted by molar-refractivity contribution is 6.28. The maximum atomic E-state index is 12.8. The van der Waals surface area contributed by atoms with Gasteiger partial charge in [-0.05, 0) is 36.6 Å². The number of halogens is 1. The Kier molecular flexibility index (Phi) is 4.16. The van der Waals surface area contributed by atoms with Crippen LogP contribution in [0, 0.1) is 5.92 Å². The van der Waals surface area contributed by atoms with Crippen molar-refractivity contribution in [2.75, 3.05) is 30.1 Å². The van der Waals surface area contributed by atoms with Crippen molar-refractivity contribution in [3.63, 3.8) is 0 Å². The molecule has 3 aromatic rings. The minimum absolute atomic E-state index is 0.0374. The Morgan fingerprint density at radius 3 is 3.11 bits per heavy atom. The fraction of sp³-hybridized carbons (Fsp3) is 0.333. The number of amides is 1. The summed E-state index contributed by atoms with van der Waals surface area (Å²) in [7, 11) is 0. The summed E-state index contributed by atoms with van der Waals surface area (Å²) in [4.78, 5) is 30.6. The van der Waals surface area contributed by atoms with Gasteiger partial charge in [0, 0.05) is 24.8 Å². The van der Waals surface area contributed by atoms with Gasteiger partial charge in [0.1, 0.15) is 5.52 Å². The van der Waals surface area contributed by atoms with Crippen LogP contribution in [0.2, 0.25) is 5.28 Å². The topological polar surface area (TPSA) is 105 Å². The Labute approximate surface area is 165 Å². The van der Waals surface area contributed by atoms with Gasteiger partial charge in [0.05, 0.1) is 12.2 Å². The number of piperidine rings is 1. The van der Waals surface area contributed by atoms with E-state index < -0.39 is 0 Å². The van der Waals surface area contributed by atoms with Gasteiger partial charge >= 0.3 is 0 Å². The molecule has 1 atom stereocenters. The molecule has 9 nitrogen and oxygen atoms in total. The van der Waals surface area contributed by atoms with Crippen molar-refractivity contribution >= 4 is 40.2 Å². The summed E-state index contributed by atoms with van der Waals surface area (Å²) >= 11 is 6.05. The number of hydrogen-bond acceptors (Lipinski definition) is 7. The van der Waals surface area contributed by atoms with Gasteiger partial charge < -0.3 is 24.7 Å². The molecule has 0 radical (unpaired) electrons. The van der Waals surface area contributed by atoms with Crippen LogP contribution in [-0.2, 0) is 4.79 Å². The lowest BCUT2D eigenvalue weighted by Crippen LogP contribution is -2.41. The molecule has 2 aromatic heterocycles. The number of aromatic amines is 1. The number of ether oxygens (including phenoxy) is 2. The van der Waals surface area contributed by atoms with Gasteiger partial charge in [0.2, 0.25) is 18.0 Å². The van der Waals surface area contributed by atoms with E-state index in [1.54, 1.807) is 18.5 Å². The molecule has 0 bridgehead atoms. The van der Waals surface area contributed by atoms with Crippen molar-refractivity contribution in [2.24, 2.45) is 5.92 Å². The maximum absolute atomic E-state index is 12.8. The minimum atomic E-state index is -0.175. The molecule has 2 N–H and O–H groups in total. The van der Waals surface area contributed by atoms with Crippen LogP contribution < -0.4 is 19.7 Å². The fourth-order valence-electron chi connectivity index (χ4n) is 3.62. The highest BCUT2D eigenvalue weighted by Gasteiger charge is 2.28. The summed E-state index contributed by atoms with van der Waals surface area (Å²) in [6.07, 6.45) is 3.24. The van der Waals surface area contributed by atoms with Crippen LogP contribution in [0.5, 0.6) is 11.5 Å². The number of nitrogens with one attached hydrogen (secondary N) is 2. The first kappa shape index (κ1) is 17.1. The largest absolute Gasteiger partial charge is 0.454 e. The average molecular weight is 401 g/mol. The van der Waals surface area contributed by atoms with Crippen LogP contribution in [0.25, 0.3) is 11.2 Å². The van der Waals surface area contributed by atoms with Gasteiger partial charge in [0.15, 0.2) is 23.0 Å². The zero-order chi connectivity index (χ0) is 19.1. The molecule has 1 amide bonds. The number of carbonyl (C=O) groups is 1. The van der Waals surface area contributed by atoms with Gasteiger partial charge in [-0.25, -0.2) is 4.98 Å². The number of imidazole rings is 1. The monoisotopic (exact) mass is 400 g/mol. The van der Waals surface area contributed by atoms with E-state index in [4.69, 9.17) is 21.1 Å². The lowest BCUT2D eigenvalue weighted by atomic mass is 9.97. The molecule has 0 spiro atoms. The van der Waals surface area contributed by atoms with Crippen LogP contribution in [0.15, 0.2) is 24.5 Å². The lowest BCUT2D eigenvalue weighted by Gasteiger charge is -2.33. The third kappa shape index (κ3) is 3.07. The van der Waals surface area contributed by atoms with E-state index in [1.165, 1.54) is 0 Å². The van der Waals surface area contributed by atoms with Gasteiger partial charge in [-0.2, -0.15) is 9.97 Å². The Morgan fingerprint density at radius 1 is 1.29 bits per heavy atom. The lowest BCUT2D eigenvalue weighted by molar-refractivity contribution is -0.120. The van der Waals surface area contributed by atoms with E-state index in [-0.39, 0.29) is 23.9 Å². The molecule has 2 aliphatic rings. The third-order valence-corrected chi connectivity index (χ3v) is 5.14. The van der Waals surface area contributed by atoms with E-state index in [9.17, 15) is 4.79 Å². The number of anilines is 2. The SMILES string of the molecule is O=C(Nc1ccc2c(c1)OCO2)C1CCCN(c2nc(Cl)nc3nc[nH]c23)C1. The molecule has 1 saturated heterocycles. The van der Waals surface area contributed by atoms with Gasteiger partial charge in [0.25, 0.3) is 0 Å². The number of benzene rings is 1. The number of aromatic nitrogens is 4. The van der Waals surface area contributed by atoms with Crippen LogP contribution >= 0.6 is 11.6 Å². The highest BCUT2D eigenvalue weighted by atomic mass is 35.5. The Hall–Kier alpha value is -3.07.